The summed E-state index contributed by atoms with van der Waals surface area (Å²) >= 11 is 0. The largest absolute Gasteiger partial charge is 0.497 e. The average Bonchev–Trinajstić information content (AvgIpc) is 2.59. The summed E-state index contributed by atoms with van der Waals surface area (Å²) in [5.41, 5.74) is 0. The summed E-state index contributed by atoms with van der Waals surface area (Å²) in [5, 5.41) is 0. The number of ether oxygens (including phenoxy) is 2. The molecule has 1 saturated heterocycles. The van der Waals surface area contributed by atoms with Crippen LogP contribution in [-0.2, 0) is 9.59 Å². The molecule has 1 aromatic rings. The summed E-state index contributed by atoms with van der Waals surface area (Å²) in [5.74, 6) is 1.28. The van der Waals surface area contributed by atoms with Crippen LogP contribution in [0.5, 0.6) is 11.5 Å². The van der Waals surface area contributed by atoms with Crippen LogP contribution in [0.25, 0.3) is 0 Å². The van der Waals surface area contributed by atoms with Crippen LogP contribution in [0.15, 0.2) is 24.3 Å². The number of amides is 2. The van der Waals surface area contributed by atoms with Crippen LogP contribution >= 0.6 is 0 Å². The Kier molecular flexibility index (Phi) is 5.63. The summed E-state index contributed by atoms with van der Waals surface area (Å²) in [7, 11) is 1.59. The van der Waals surface area contributed by atoms with Gasteiger partial charge in [0.2, 0.25) is 6.41 Å². The zero-order valence-electron chi connectivity index (χ0n) is 13.0. The monoisotopic (exact) mass is 306 g/mol. The molecular formula is C16H22N2O4. The van der Waals surface area contributed by atoms with Crippen molar-refractivity contribution in [1.29, 1.82) is 0 Å². The molecule has 2 amide bonds. The molecule has 0 unspecified atom stereocenters. The van der Waals surface area contributed by atoms with E-state index in [4.69, 9.17) is 9.47 Å². The van der Waals surface area contributed by atoms with E-state index in [2.05, 4.69) is 0 Å². The van der Waals surface area contributed by atoms with Gasteiger partial charge < -0.3 is 19.3 Å². The van der Waals surface area contributed by atoms with Crippen molar-refractivity contribution in [2.24, 2.45) is 0 Å². The van der Waals surface area contributed by atoms with E-state index >= 15 is 0 Å². The van der Waals surface area contributed by atoms with Crippen molar-refractivity contribution in [1.82, 2.24) is 9.80 Å². The first-order valence-corrected chi connectivity index (χ1v) is 7.46. The standard InChI is InChI=1S/C16H22N2O4/c1-3-15(22-14-6-4-5-13(11-14)21-2)16(20)18-9-7-17(12-19)8-10-18/h4-6,11-12,15H,3,7-10H2,1-2H3/t15-/m0/s1. The number of benzene rings is 1. The predicted molar refractivity (Wildman–Crippen MR) is 81.9 cm³/mol. The number of methoxy groups -OCH3 is 1. The maximum absolute atomic E-state index is 12.5. The Balaban J connectivity index is 1.98. The van der Waals surface area contributed by atoms with E-state index in [1.54, 1.807) is 23.0 Å². The van der Waals surface area contributed by atoms with E-state index in [1.165, 1.54) is 0 Å². The molecular weight excluding hydrogens is 284 g/mol. The second-order valence-electron chi connectivity index (χ2n) is 5.16. The quantitative estimate of drug-likeness (QED) is 0.740. The van der Waals surface area contributed by atoms with Crippen LogP contribution in [0.4, 0.5) is 0 Å². The van der Waals surface area contributed by atoms with Gasteiger partial charge in [-0.15, -0.1) is 0 Å². The summed E-state index contributed by atoms with van der Waals surface area (Å²) in [6.07, 6.45) is 0.894. The van der Waals surface area contributed by atoms with E-state index in [0.717, 1.165) is 6.41 Å². The lowest BCUT2D eigenvalue weighted by Gasteiger charge is -2.34. The zero-order valence-corrected chi connectivity index (χ0v) is 13.0. The Labute approximate surface area is 130 Å². The first-order chi connectivity index (χ1) is 10.7. The Bertz CT molecular complexity index is 513. The van der Waals surface area contributed by atoms with Gasteiger partial charge in [0.1, 0.15) is 11.5 Å². The van der Waals surface area contributed by atoms with Gasteiger partial charge in [-0.3, -0.25) is 9.59 Å². The van der Waals surface area contributed by atoms with Gasteiger partial charge in [0.25, 0.3) is 5.91 Å². The van der Waals surface area contributed by atoms with Crippen LogP contribution in [0.1, 0.15) is 13.3 Å². The molecule has 0 N–H and O–H groups in total. The minimum absolute atomic E-state index is 0.0316. The van der Waals surface area contributed by atoms with Gasteiger partial charge in [0.05, 0.1) is 7.11 Å². The van der Waals surface area contributed by atoms with Gasteiger partial charge in [-0.25, -0.2) is 0 Å². The SMILES string of the molecule is CC[C@H](Oc1cccc(OC)c1)C(=O)N1CCN(C=O)CC1. The number of nitrogens with zero attached hydrogens (tertiary/aromatic N) is 2. The lowest BCUT2D eigenvalue weighted by atomic mass is 10.2. The minimum Gasteiger partial charge on any atom is -0.497 e. The van der Waals surface area contributed by atoms with E-state index in [-0.39, 0.29) is 5.91 Å². The molecule has 22 heavy (non-hydrogen) atoms. The van der Waals surface area contributed by atoms with Crippen LogP contribution in [0.2, 0.25) is 0 Å². The highest BCUT2D eigenvalue weighted by Gasteiger charge is 2.27. The van der Waals surface area contributed by atoms with Crippen LogP contribution < -0.4 is 9.47 Å². The number of hydrogen-bond acceptors (Lipinski definition) is 4. The Morgan fingerprint density at radius 1 is 1.27 bits per heavy atom. The third-order valence-corrected chi connectivity index (χ3v) is 3.74. The Hall–Kier alpha value is -2.24. The first-order valence-electron chi connectivity index (χ1n) is 7.46. The third kappa shape index (κ3) is 3.90. The number of hydrogen-bond donors (Lipinski definition) is 0. The maximum Gasteiger partial charge on any atom is 0.263 e. The van der Waals surface area contributed by atoms with E-state index in [1.807, 2.05) is 25.1 Å². The number of rotatable bonds is 6. The molecule has 0 bridgehead atoms. The molecule has 0 aliphatic carbocycles. The highest BCUT2D eigenvalue weighted by atomic mass is 16.5. The lowest BCUT2D eigenvalue weighted by molar-refractivity contribution is -0.142. The van der Waals surface area contributed by atoms with Crippen molar-refractivity contribution >= 4 is 12.3 Å². The van der Waals surface area contributed by atoms with Crippen molar-refractivity contribution in [2.75, 3.05) is 33.3 Å². The van der Waals surface area contributed by atoms with E-state index in [9.17, 15) is 9.59 Å². The molecule has 1 aliphatic heterocycles. The van der Waals surface area contributed by atoms with Gasteiger partial charge in [0.15, 0.2) is 6.10 Å². The summed E-state index contributed by atoms with van der Waals surface area (Å²) in [4.78, 5) is 26.7. The number of carbonyl (C=O) groups excluding carboxylic acids is 2. The summed E-state index contributed by atoms with van der Waals surface area (Å²) < 4.78 is 11.0. The number of piperazine rings is 1. The number of carbonyl (C=O) groups is 2. The fourth-order valence-corrected chi connectivity index (χ4v) is 2.40. The predicted octanol–water partition coefficient (Wildman–Crippen LogP) is 1.15. The molecule has 6 heteroatoms. The van der Waals surface area contributed by atoms with Crippen molar-refractivity contribution in [3.63, 3.8) is 0 Å². The first kappa shape index (κ1) is 16.1. The Morgan fingerprint density at radius 3 is 2.55 bits per heavy atom. The molecule has 1 heterocycles. The molecule has 1 aliphatic rings. The fraction of sp³-hybridized carbons (Fsp3) is 0.500. The molecule has 120 valence electrons. The molecule has 0 radical (unpaired) electrons. The van der Waals surface area contributed by atoms with Gasteiger partial charge in [0, 0.05) is 32.2 Å². The second-order valence-corrected chi connectivity index (χ2v) is 5.16. The van der Waals surface area contributed by atoms with Gasteiger partial charge in [-0.1, -0.05) is 13.0 Å². The van der Waals surface area contributed by atoms with Crippen LogP contribution in [0.3, 0.4) is 0 Å². The highest BCUT2D eigenvalue weighted by molar-refractivity contribution is 5.81. The van der Waals surface area contributed by atoms with Crippen molar-refractivity contribution < 1.29 is 19.1 Å². The molecule has 0 aromatic heterocycles. The normalized spacial score (nSPS) is 16.1. The van der Waals surface area contributed by atoms with Crippen LogP contribution in [-0.4, -0.2) is 61.5 Å². The van der Waals surface area contributed by atoms with Crippen molar-refractivity contribution in [3.05, 3.63) is 24.3 Å². The summed E-state index contributed by atoms with van der Waals surface area (Å²) in [6.45, 7) is 4.17. The molecule has 0 saturated carbocycles. The summed E-state index contributed by atoms with van der Waals surface area (Å²) in [6, 6.07) is 7.23. The van der Waals surface area contributed by atoms with E-state index < -0.39 is 6.10 Å². The molecule has 0 spiro atoms. The van der Waals surface area contributed by atoms with Crippen molar-refractivity contribution in [3.8, 4) is 11.5 Å². The van der Waals surface area contributed by atoms with Gasteiger partial charge in [-0.2, -0.15) is 0 Å². The zero-order chi connectivity index (χ0) is 15.9. The van der Waals surface area contributed by atoms with Gasteiger partial charge in [-0.05, 0) is 18.6 Å². The smallest absolute Gasteiger partial charge is 0.263 e. The van der Waals surface area contributed by atoms with E-state index in [0.29, 0.717) is 44.1 Å². The molecule has 2 rings (SSSR count). The van der Waals surface area contributed by atoms with Gasteiger partial charge >= 0.3 is 0 Å². The lowest BCUT2D eigenvalue weighted by Crippen LogP contribution is -2.51. The fourth-order valence-electron chi connectivity index (χ4n) is 2.40. The maximum atomic E-state index is 12.5. The topological polar surface area (TPSA) is 59.1 Å². The van der Waals surface area contributed by atoms with Crippen molar-refractivity contribution in [2.45, 2.75) is 19.4 Å². The third-order valence-electron chi connectivity index (χ3n) is 3.74. The second kappa shape index (κ2) is 7.68. The molecule has 1 fully saturated rings. The van der Waals surface area contributed by atoms with Crippen LogP contribution in [0, 0.1) is 0 Å². The Morgan fingerprint density at radius 2 is 1.95 bits per heavy atom. The highest BCUT2D eigenvalue weighted by Crippen LogP contribution is 2.21. The minimum atomic E-state index is -0.519. The average molecular weight is 306 g/mol. The molecule has 1 aromatic carbocycles. The molecule has 6 nitrogen and oxygen atoms in total. The molecule has 1 atom stereocenters.